The van der Waals surface area contributed by atoms with Gasteiger partial charge in [-0.05, 0) is 36.5 Å². The van der Waals surface area contributed by atoms with Gasteiger partial charge in [0.15, 0.2) is 0 Å². The molecule has 23 heavy (non-hydrogen) atoms. The van der Waals surface area contributed by atoms with Gasteiger partial charge in [0.1, 0.15) is 6.10 Å². The molecule has 0 fully saturated rings. The topological polar surface area (TPSA) is 64.8 Å². The molecule has 1 rings (SSSR count). The number of nitrogen functional groups attached to an aromatic ring is 1. The lowest BCUT2D eigenvalue weighted by Crippen LogP contribution is -2.31. The van der Waals surface area contributed by atoms with Crippen molar-refractivity contribution in [1.82, 2.24) is 0 Å². The van der Waals surface area contributed by atoms with E-state index in [0.717, 1.165) is 24.3 Å². The number of rotatable bonds is 8. The fraction of sp³-hybridized carbons (Fsp3) is 0.611. The predicted octanol–water partition coefficient (Wildman–Crippen LogP) is 3.94. The van der Waals surface area contributed by atoms with Crippen molar-refractivity contribution in [3.05, 3.63) is 23.8 Å². The molecule has 5 nitrogen and oxygen atoms in total. The van der Waals surface area contributed by atoms with Gasteiger partial charge in [0.2, 0.25) is 0 Å². The molecule has 2 N–H and O–H groups in total. The number of carbonyl (C=O) groups is 1. The molecule has 130 valence electrons. The van der Waals surface area contributed by atoms with Crippen LogP contribution in [-0.4, -0.2) is 19.1 Å². The van der Waals surface area contributed by atoms with E-state index in [9.17, 15) is 4.79 Å². The summed E-state index contributed by atoms with van der Waals surface area (Å²) in [6, 6.07) is 5.87. The Morgan fingerprint density at radius 1 is 1.13 bits per heavy atom. The number of nitrogens with two attached hydrogens (primary N) is 1. The van der Waals surface area contributed by atoms with Gasteiger partial charge in [-0.15, -0.1) is 0 Å². The first-order valence-corrected chi connectivity index (χ1v) is 8.19. The number of anilines is 2. The van der Waals surface area contributed by atoms with Crippen LogP contribution in [0.3, 0.4) is 0 Å². The Hall–Kier alpha value is -1.75. The minimum absolute atomic E-state index is 0.362. The first kappa shape index (κ1) is 19.3. The number of hydrogen-bond acceptors (Lipinski definition) is 5. The Morgan fingerprint density at radius 2 is 1.70 bits per heavy atom. The number of benzene rings is 1. The Kier molecular flexibility index (Phi) is 7.36. The van der Waals surface area contributed by atoms with Crippen LogP contribution in [0.5, 0.6) is 0 Å². The Bertz CT molecular complexity index is 505. The average Bonchev–Trinajstić information content (AvgIpc) is 2.42. The van der Waals surface area contributed by atoms with E-state index in [1.54, 1.807) is 0 Å². The molecule has 0 saturated heterocycles. The van der Waals surface area contributed by atoms with E-state index < -0.39 is 5.97 Å². The summed E-state index contributed by atoms with van der Waals surface area (Å²) in [6.07, 6.45) is -0.362. The van der Waals surface area contributed by atoms with Gasteiger partial charge in [-0.2, -0.15) is 4.89 Å². The van der Waals surface area contributed by atoms with E-state index in [1.807, 2.05) is 25.1 Å². The molecule has 1 atom stereocenters. The molecular weight excluding hydrogens is 292 g/mol. The Morgan fingerprint density at radius 3 is 2.13 bits per heavy atom. The zero-order chi connectivity index (χ0) is 17.6. The van der Waals surface area contributed by atoms with Crippen molar-refractivity contribution < 1.29 is 14.6 Å². The number of nitrogens with zero attached hydrogens (tertiary/aromatic N) is 1. The molecule has 0 amide bonds. The van der Waals surface area contributed by atoms with Crippen LogP contribution in [0, 0.1) is 11.8 Å². The van der Waals surface area contributed by atoms with Crippen molar-refractivity contribution in [2.45, 2.75) is 47.6 Å². The zero-order valence-corrected chi connectivity index (χ0v) is 15.1. The molecule has 0 aliphatic heterocycles. The van der Waals surface area contributed by atoms with Crippen molar-refractivity contribution >= 4 is 17.3 Å². The predicted molar refractivity (Wildman–Crippen MR) is 94.0 cm³/mol. The molecule has 5 heteroatoms. The second kappa shape index (κ2) is 8.77. The lowest BCUT2D eigenvalue weighted by Gasteiger charge is -2.30. The quantitative estimate of drug-likeness (QED) is 0.446. The van der Waals surface area contributed by atoms with Gasteiger partial charge in [0, 0.05) is 20.0 Å². The van der Waals surface area contributed by atoms with Gasteiger partial charge in [0.05, 0.1) is 11.4 Å². The van der Waals surface area contributed by atoms with Gasteiger partial charge in [0.25, 0.3) is 0 Å². The van der Waals surface area contributed by atoms with Crippen molar-refractivity contribution in [1.29, 1.82) is 0 Å². The van der Waals surface area contributed by atoms with Gasteiger partial charge in [-0.25, -0.2) is 4.79 Å². The minimum Gasteiger partial charge on any atom is -0.397 e. The molecule has 0 aliphatic rings. The van der Waals surface area contributed by atoms with Gasteiger partial charge in [-0.1, -0.05) is 33.8 Å². The average molecular weight is 322 g/mol. The van der Waals surface area contributed by atoms with Crippen LogP contribution >= 0.6 is 0 Å². The maximum Gasteiger partial charge on any atom is 0.339 e. The smallest absolute Gasteiger partial charge is 0.339 e. The second-order valence-electron chi connectivity index (χ2n) is 6.82. The summed E-state index contributed by atoms with van der Waals surface area (Å²) in [5.41, 5.74) is 8.89. The third-order valence-electron chi connectivity index (χ3n) is 3.34. The summed E-state index contributed by atoms with van der Waals surface area (Å²) >= 11 is 0. The molecule has 0 spiro atoms. The maximum atomic E-state index is 10.8. The van der Waals surface area contributed by atoms with Crippen LogP contribution < -0.4 is 10.6 Å². The minimum atomic E-state index is -0.471. The molecule has 0 aromatic heterocycles. The summed E-state index contributed by atoms with van der Waals surface area (Å²) in [5.74, 6) is 0.639. The third kappa shape index (κ3) is 6.48. The molecule has 0 bridgehead atoms. The summed E-state index contributed by atoms with van der Waals surface area (Å²) in [6.45, 7) is 13.8. The van der Waals surface area contributed by atoms with Crippen molar-refractivity contribution in [3.8, 4) is 0 Å². The number of carbonyl (C=O) groups excluding carboxylic acids is 1. The van der Waals surface area contributed by atoms with Crippen LogP contribution in [0.2, 0.25) is 0 Å². The van der Waals surface area contributed by atoms with Crippen LogP contribution in [-0.2, 0) is 14.6 Å². The van der Waals surface area contributed by atoms with Gasteiger partial charge < -0.3 is 10.6 Å². The molecule has 1 unspecified atom stereocenters. The van der Waals surface area contributed by atoms with Crippen molar-refractivity contribution in [3.63, 3.8) is 0 Å². The molecule has 0 radical (unpaired) electrons. The zero-order valence-electron chi connectivity index (χ0n) is 15.1. The van der Waals surface area contributed by atoms with E-state index >= 15 is 0 Å². The molecule has 1 aromatic carbocycles. The highest BCUT2D eigenvalue weighted by molar-refractivity contribution is 5.69. The molecule has 0 aliphatic carbocycles. The molecule has 0 heterocycles. The summed E-state index contributed by atoms with van der Waals surface area (Å²) in [5, 5.41) is 0. The van der Waals surface area contributed by atoms with Crippen molar-refractivity contribution in [2.75, 3.05) is 23.7 Å². The highest BCUT2D eigenvalue weighted by atomic mass is 17.2. The van der Waals surface area contributed by atoms with Crippen molar-refractivity contribution in [2.24, 2.45) is 11.8 Å². The largest absolute Gasteiger partial charge is 0.397 e. The van der Waals surface area contributed by atoms with E-state index in [1.165, 1.54) is 6.92 Å². The highest BCUT2D eigenvalue weighted by Gasteiger charge is 2.16. The fourth-order valence-electron chi connectivity index (χ4n) is 2.46. The third-order valence-corrected chi connectivity index (χ3v) is 3.34. The standard InChI is InChI=1S/C18H30N2O3/c1-12(2)10-20(11-13(3)4)18-8-7-16(9-17(18)19)14(5)22-23-15(6)21/h7-9,12-14H,10-11,19H2,1-6H3. The molecule has 0 saturated carbocycles. The lowest BCUT2D eigenvalue weighted by molar-refractivity contribution is -0.295. The van der Waals surface area contributed by atoms with Crippen LogP contribution in [0.25, 0.3) is 0 Å². The second-order valence-corrected chi connectivity index (χ2v) is 6.82. The van der Waals surface area contributed by atoms with Crippen LogP contribution in [0.15, 0.2) is 18.2 Å². The number of hydrogen-bond donors (Lipinski definition) is 1. The van der Waals surface area contributed by atoms with E-state index in [0.29, 0.717) is 17.5 Å². The maximum absolute atomic E-state index is 10.8. The van der Waals surface area contributed by atoms with E-state index in [2.05, 4.69) is 37.5 Å². The summed E-state index contributed by atoms with van der Waals surface area (Å²) < 4.78 is 0. The van der Waals surface area contributed by atoms with E-state index in [-0.39, 0.29) is 6.10 Å². The monoisotopic (exact) mass is 322 g/mol. The van der Waals surface area contributed by atoms with E-state index in [4.69, 9.17) is 10.6 Å². The fourth-order valence-corrected chi connectivity index (χ4v) is 2.46. The van der Waals surface area contributed by atoms with Crippen LogP contribution in [0.4, 0.5) is 11.4 Å². The summed E-state index contributed by atoms with van der Waals surface area (Å²) in [7, 11) is 0. The van der Waals surface area contributed by atoms with Gasteiger partial charge in [-0.3, -0.25) is 4.89 Å². The summed E-state index contributed by atoms with van der Waals surface area (Å²) in [4.78, 5) is 22.8. The normalized spacial score (nSPS) is 12.5. The first-order valence-electron chi connectivity index (χ1n) is 8.19. The highest BCUT2D eigenvalue weighted by Crippen LogP contribution is 2.29. The first-order chi connectivity index (χ1) is 10.7. The SMILES string of the molecule is CC(=O)OOC(C)c1ccc(N(CC(C)C)CC(C)C)c(N)c1. The lowest BCUT2D eigenvalue weighted by atomic mass is 10.1. The Balaban J connectivity index is 2.93. The molecule has 1 aromatic rings. The van der Waals surface area contributed by atoms with Gasteiger partial charge >= 0.3 is 5.97 Å². The molecular formula is C18H30N2O3. The van der Waals surface area contributed by atoms with Crippen LogP contribution in [0.1, 0.15) is 53.2 Å². The Labute approximate surface area is 139 Å².